The number of nitrogens with one attached hydrogen (secondary N) is 1. The van der Waals surface area contributed by atoms with E-state index in [0.29, 0.717) is 0 Å². The molecule has 1 atom stereocenters. The number of ketones is 2. The lowest BCUT2D eigenvalue weighted by molar-refractivity contribution is -0.130. The van der Waals surface area contributed by atoms with Gasteiger partial charge in [-0.2, -0.15) is 0 Å². The summed E-state index contributed by atoms with van der Waals surface area (Å²) >= 11 is 0. The van der Waals surface area contributed by atoms with Gasteiger partial charge in [0.25, 0.3) is 0 Å². The predicted octanol–water partition coefficient (Wildman–Crippen LogP) is 1.87. The van der Waals surface area contributed by atoms with Gasteiger partial charge in [0.2, 0.25) is 5.91 Å². The van der Waals surface area contributed by atoms with Gasteiger partial charge in [-0.1, -0.05) is 26.2 Å². The molecule has 0 aromatic carbocycles. The first-order valence-corrected chi connectivity index (χ1v) is 6.80. The monoisotopic (exact) mass is 253 g/mol. The summed E-state index contributed by atoms with van der Waals surface area (Å²) in [5, 5.41) is 2.71. The summed E-state index contributed by atoms with van der Waals surface area (Å²) < 4.78 is 0. The Bertz CT molecular complexity index is 319. The van der Waals surface area contributed by atoms with Gasteiger partial charge in [0.15, 0.2) is 5.78 Å². The van der Waals surface area contributed by atoms with Gasteiger partial charge in [-0.25, -0.2) is 0 Å². The Kier molecular flexibility index (Phi) is 6.02. The highest BCUT2D eigenvalue weighted by molar-refractivity contribution is 5.90. The summed E-state index contributed by atoms with van der Waals surface area (Å²) in [6.07, 6.45) is 5.54. The van der Waals surface area contributed by atoms with Crippen molar-refractivity contribution in [3.05, 3.63) is 0 Å². The molecule has 1 fully saturated rings. The third-order valence-corrected chi connectivity index (χ3v) is 3.56. The minimum atomic E-state index is -0.297. The van der Waals surface area contributed by atoms with Crippen molar-refractivity contribution in [2.45, 2.75) is 52.4 Å². The van der Waals surface area contributed by atoms with Gasteiger partial charge in [-0.15, -0.1) is 0 Å². The van der Waals surface area contributed by atoms with Crippen LogP contribution in [0, 0.1) is 11.8 Å². The van der Waals surface area contributed by atoms with Crippen LogP contribution in [-0.2, 0) is 14.4 Å². The smallest absolute Gasteiger partial charge is 0.223 e. The standard InChI is InChI=1S/C14H23NO3/c1-10(8-11(2)16)13(17)9-15-14(18)12-6-4-3-5-7-12/h10,12H,3-9H2,1-2H3,(H,15,18). The molecular formula is C14H23NO3. The average molecular weight is 253 g/mol. The fourth-order valence-corrected chi connectivity index (χ4v) is 2.40. The van der Waals surface area contributed by atoms with E-state index in [-0.39, 0.29) is 42.3 Å². The fraction of sp³-hybridized carbons (Fsp3) is 0.786. The summed E-state index contributed by atoms with van der Waals surface area (Å²) in [5.74, 6) is -0.272. The summed E-state index contributed by atoms with van der Waals surface area (Å²) in [7, 11) is 0. The molecule has 0 saturated heterocycles. The van der Waals surface area contributed by atoms with Crippen LogP contribution >= 0.6 is 0 Å². The minimum absolute atomic E-state index is 0.00178. The van der Waals surface area contributed by atoms with Gasteiger partial charge in [0.1, 0.15) is 5.78 Å². The molecule has 1 aliphatic rings. The van der Waals surface area contributed by atoms with Gasteiger partial charge in [-0.05, 0) is 19.8 Å². The summed E-state index contributed by atoms with van der Waals surface area (Å²) in [6.45, 7) is 3.27. The van der Waals surface area contributed by atoms with Crippen LogP contribution in [0.15, 0.2) is 0 Å². The minimum Gasteiger partial charge on any atom is -0.349 e. The molecule has 1 aliphatic carbocycles. The molecule has 0 radical (unpaired) electrons. The molecule has 0 aromatic rings. The highest BCUT2D eigenvalue weighted by Gasteiger charge is 2.22. The zero-order valence-corrected chi connectivity index (χ0v) is 11.3. The number of Topliss-reactive ketones (excluding diaryl/α,β-unsaturated/α-hetero) is 2. The number of hydrogen-bond donors (Lipinski definition) is 1. The maximum absolute atomic E-state index is 11.8. The van der Waals surface area contributed by atoms with E-state index in [1.807, 2.05) is 0 Å². The second kappa shape index (κ2) is 7.29. The first-order valence-electron chi connectivity index (χ1n) is 6.80. The SMILES string of the molecule is CC(=O)CC(C)C(=O)CNC(=O)C1CCCCC1. The first-order chi connectivity index (χ1) is 8.50. The molecule has 102 valence electrons. The lowest BCUT2D eigenvalue weighted by Gasteiger charge is -2.20. The molecule has 1 unspecified atom stereocenters. The zero-order valence-electron chi connectivity index (χ0n) is 11.3. The second-order valence-corrected chi connectivity index (χ2v) is 5.33. The number of hydrogen-bond acceptors (Lipinski definition) is 3. The third kappa shape index (κ3) is 4.98. The van der Waals surface area contributed by atoms with Crippen molar-refractivity contribution in [3.8, 4) is 0 Å². The molecule has 1 saturated carbocycles. The van der Waals surface area contributed by atoms with Crippen LogP contribution < -0.4 is 5.32 Å². The molecule has 0 heterocycles. The number of amides is 1. The Hall–Kier alpha value is -1.19. The van der Waals surface area contributed by atoms with Crippen molar-refractivity contribution < 1.29 is 14.4 Å². The number of carbonyl (C=O) groups excluding carboxylic acids is 3. The van der Waals surface area contributed by atoms with Gasteiger partial charge >= 0.3 is 0 Å². The second-order valence-electron chi connectivity index (χ2n) is 5.33. The van der Waals surface area contributed by atoms with Gasteiger partial charge in [0.05, 0.1) is 6.54 Å². The van der Waals surface area contributed by atoms with E-state index >= 15 is 0 Å². The van der Waals surface area contributed by atoms with E-state index in [4.69, 9.17) is 0 Å². The molecule has 4 heteroatoms. The van der Waals surface area contributed by atoms with E-state index in [9.17, 15) is 14.4 Å². The van der Waals surface area contributed by atoms with Gasteiger partial charge in [0, 0.05) is 18.3 Å². The van der Waals surface area contributed by atoms with Crippen molar-refractivity contribution in [3.63, 3.8) is 0 Å². The van der Waals surface area contributed by atoms with Gasteiger partial charge in [-0.3, -0.25) is 9.59 Å². The molecule has 18 heavy (non-hydrogen) atoms. The molecule has 1 amide bonds. The highest BCUT2D eigenvalue weighted by Crippen LogP contribution is 2.23. The quantitative estimate of drug-likeness (QED) is 0.786. The van der Waals surface area contributed by atoms with Crippen molar-refractivity contribution in [1.82, 2.24) is 5.32 Å². The van der Waals surface area contributed by atoms with Crippen LogP contribution in [0.1, 0.15) is 52.4 Å². The Balaban J connectivity index is 2.28. The fourth-order valence-electron chi connectivity index (χ4n) is 2.40. The lowest BCUT2D eigenvalue weighted by atomic mass is 9.88. The van der Waals surface area contributed by atoms with Crippen LogP contribution in [0.25, 0.3) is 0 Å². The number of carbonyl (C=O) groups is 3. The highest BCUT2D eigenvalue weighted by atomic mass is 16.2. The van der Waals surface area contributed by atoms with Crippen molar-refractivity contribution in [2.24, 2.45) is 11.8 Å². The van der Waals surface area contributed by atoms with E-state index in [1.54, 1.807) is 6.92 Å². The largest absolute Gasteiger partial charge is 0.349 e. The van der Waals surface area contributed by atoms with Crippen molar-refractivity contribution >= 4 is 17.5 Å². The molecule has 4 nitrogen and oxygen atoms in total. The molecular weight excluding hydrogens is 230 g/mol. The van der Waals surface area contributed by atoms with Crippen LogP contribution in [0.4, 0.5) is 0 Å². The Morgan fingerprint density at radius 2 is 1.78 bits per heavy atom. The van der Waals surface area contributed by atoms with E-state index < -0.39 is 0 Å². The Morgan fingerprint density at radius 1 is 1.17 bits per heavy atom. The molecule has 0 bridgehead atoms. The third-order valence-electron chi connectivity index (χ3n) is 3.56. The molecule has 0 aliphatic heterocycles. The lowest BCUT2D eigenvalue weighted by Crippen LogP contribution is -2.37. The van der Waals surface area contributed by atoms with Crippen LogP contribution in [0.2, 0.25) is 0 Å². The van der Waals surface area contributed by atoms with Crippen LogP contribution in [0.3, 0.4) is 0 Å². The molecule has 1 rings (SSSR count). The van der Waals surface area contributed by atoms with Crippen LogP contribution in [-0.4, -0.2) is 24.0 Å². The Morgan fingerprint density at radius 3 is 2.33 bits per heavy atom. The predicted molar refractivity (Wildman–Crippen MR) is 69.1 cm³/mol. The van der Waals surface area contributed by atoms with Gasteiger partial charge < -0.3 is 10.1 Å². The van der Waals surface area contributed by atoms with E-state index in [0.717, 1.165) is 25.7 Å². The van der Waals surface area contributed by atoms with Crippen molar-refractivity contribution in [1.29, 1.82) is 0 Å². The molecule has 0 aromatic heterocycles. The summed E-state index contributed by atoms with van der Waals surface area (Å²) in [4.78, 5) is 34.4. The maximum Gasteiger partial charge on any atom is 0.223 e. The Labute approximate surface area is 109 Å². The maximum atomic E-state index is 11.8. The van der Waals surface area contributed by atoms with Crippen LogP contribution in [0.5, 0.6) is 0 Å². The van der Waals surface area contributed by atoms with E-state index in [2.05, 4.69) is 5.32 Å². The molecule has 1 N–H and O–H groups in total. The van der Waals surface area contributed by atoms with E-state index in [1.165, 1.54) is 13.3 Å². The topological polar surface area (TPSA) is 63.2 Å². The normalized spacial score (nSPS) is 18.1. The molecule has 0 spiro atoms. The summed E-state index contributed by atoms with van der Waals surface area (Å²) in [5.41, 5.74) is 0. The zero-order chi connectivity index (χ0) is 13.5. The summed E-state index contributed by atoms with van der Waals surface area (Å²) in [6, 6.07) is 0. The van der Waals surface area contributed by atoms with Crippen molar-refractivity contribution in [2.75, 3.05) is 6.54 Å². The first kappa shape index (κ1) is 14.9. The average Bonchev–Trinajstić information content (AvgIpc) is 2.35. The number of rotatable bonds is 6.